The normalized spacial score (nSPS) is 10.5. The molecule has 2 aromatic heterocycles. The Labute approximate surface area is 109 Å². The van der Waals surface area contributed by atoms with Crippen LogP contribution in [0, 0.1) is 0 Å². The van der Waals surface area contributed by atoms with Crippen LogP contribution in [0.15, 0.2) is 18.7 Å². The molecule has 0 aliphatic carbocycles. The number of rotatable bonds is 6. The van der Waals surface area contributed by atoms with E-state index in [1.165, 1.54) is 0 Å². The third-order valence-corrected chi connectivity index (χ3v) is 2.52. The molecule has 0 bridgehead atoms. The number of hydrogen-bond acceptors (Lipinski definition) is 6. The first-order valence-corrected chi connectivity index (χ1v) is 5.98. The minimum absolute atomic E-state index is 0.175. The maximum Gasteiger partial charge on any atom is 0.223 e. The van der Waals surface area contributed by atoms with E-state index in [0.29, 0.717) is 11.0 Å². The molecule has 0 aromatic carbocycles. The van der Waals surface area contributed by atoms with Gasteiger partial charge in [-0.05, 0) is 12.8 Å². The van der Waals surface area contributed by atoms with E-state index in [2.05, 4.69) is 25.5 Å². The molecule has 0 saturated carbocycles. The van der Waals surface area contributed by atoms with E-state index in [4.69, 9.17) is 17.3 Å². The molecule has 18 heavy (non-hydrogen) atoms. The van der Waals surface area contributed by atoms with Gasteiger partial charge in [0.05, 0.1) is 0 Å². The van der Waals surface area contributed by atoms with Crippen LogP contribution < -0.4 is 11.1 Å². The molecule has 0 radical (unpaired) electrons. The number of nitrogens with zero attached hydrogens (tertiary/aromatic N) is 5. The molecule has 3 N–H and O–H groups in total. The largest absolute Gasteiger partial charge is 0.370 e. The number of unbranched alkanes of at least 4 members (excludes halogenated alkanes) is 1. The van der Waals surface area contributed by atoms with Crippen LogP contribution in [0.4, 0.5) is 11.8 Å². The number of halogens is 1. The van der Waals surface area contributed by atoms with Crippen molar-refractivity contribution in [2.75, 3.05) is 17.6 Å². The number of anilines is 2. The summed E-state index contributed by atoms with van der Waals surface area (Å²) in [5, 5.41) is 11.0. The van der Waals surface area contributed by atoms with Crippen molar-refractivity contribution in [1.82, 2.24) is 24.7 Å². The first-order valence-electron chi connectivity index (χ1n) is 5.60. The van der Waals surface area contributed by atoms with Crippen molar-refractivity contribution in [1.29, 1.82) is 0 Å². The summed E-state index contributed by atoms with van der Waals surface area (Å²) < 4.78 is 1.94. The summed E-state index contributed by atoms with van der Waals surface area (Å²) in [6, 6.07) is 1.65. The Morgan fingerprint density at radius 3 is 2.72 bits per heavy atom. The third-order valence-electron chi connectivity index (χ3n) is 2.33. The van der Waals surface area contributed by atoms with Crippen molar-refractivity contribution < 1.29 is 0 Å². The highest BCUT2D eigenvalue weighted by Crippen LogP contribution is 2.12. The predicted octanol–water partition coefficient (Wildman–Crippen LogP) is 1.20. The Bertz CT molecular complexity index is 465. The Kier molecular flexibility index (Phi) is 4.30. The maximum atomic E-state index is 5.77. The highest BCUT2D eigenvalue weighted by Gasteiger charge is 1.99. The minimum Gasteiger partial charge on any atom is -0.370 e. The quantitative estimate of drug-likeness (QED) is 0.603. The molecular weight excluding hydrogens is 254 g/mol. The second-order valence-electron chi connectivity index (χ2n) is 3.77. The molecule has 0 unspecified atom stereocenters. The lowest BCUT2D eigenvalue weighted by Gasteiger charge is -2.06. The van der Waals surface area contributed by atoms with Crippen LogP contribution in [0.25, 0.3) is 0 Å². The Hall–Kier alpha value is -1.89. The molecule has 0 amide bonds. The molecule has 0 spiro atoms. The number of aromatic nitrogens is 5. The summed E-state index contributed by atoms with van der Waals surface area (Å²) in [6.07, 6.45) is 5.44. The van der Waals surface area contributed by atoms with Crippen LogP contribution in [-0.2, 0) is 6.54 Å². The lowest BCUT2D eigenvalue weighted by atomic mass is 10.3. The van der Waals surface area contributed by atoms with E-state index < -0.39 is 0 Å². The van der Waals surface area contributed by atoms with Gasteiger partial charge in [0.15, 0.2) is 0 Å². The standard InChI is InChI=1S/C10H14ClN7/c11-8-5-9(17-10(12)16-8)13-3-1-2-4-18-6-14-15-7-18/h5-7H,1-4H2,(H3,12,13,16,17). The van der Waals surface area contributed by atoms with Crippen molar-refractivity contribution in [3.05, 3.63) is 23.9 Å². The smallest absolute Gasteiger partial charge is 0.223 e. The van der Waals surface area contributed by atoms with Crippen LogP contribution in [0.3, 0.4) is 0 Å². The SMILES string of the molecule is Nc1nc(Cl)cc(NCCCCn2cnnc2)n1. The second kappa shape index (κ2) is 6.15. The summed E-state index contributed by atoms with van der Waals surface area (Å²) in [4.78, 5) is 7.81. The molecule has 0 atom stereocenters. The van der Waals surface area contributed by atoms with Gasteiger partial charge in [-0.25, -0.2) is 4.98 Å². The molecule has 8 heteroatoms. The fraction of sp³-hybridized carbons (Fsp3) is 0.400. The van der Waals surface area contributed by atoms with Gasteiger partial charge in [-0.3, -0.25) is 0 Å². The number of hydrogen-bond donors (Lipinski definition) is 2. The lowest BCUT2D eigenvalue weighted by Crippen LogP contribution is -2.07. The van der Waals surface area contributed by atoms with Gasteiger partial charge in [-0.2, -0.15) is 4.98 Å². The second-order valence-corrected chi connectivity index (χ2v) is 4.15. The zero-order chi connectivity index (χ0) is 12.8. The average molecular weight is 268 g/mol. The van der Waals surface area contributed by atoms with Crippen LogP contribution >= 0.6 is 11.6 Å². The molecule has 2 aromatic rings. The topological polar surface area (TPSA) is 94.5 Å². The van der Waals surface area contributed by atoms with Crippen LogP contribution in [-0.4, -0.2) is 31.3 Å². The molecule has 2 heterocycles. The highest BCUT2D eigenvalue weighted by molar-refractivity contribution is 6.29. The van der Waals surface area contributed by atoms with E-state index in [1.807, 2.05) is 4.57 Å². The van der Waals surface area contributed by atoms with Gasteiger partial charge in [-0.15, -0.1) is 10.2 Å². The van der Waals surface area contributed by atoms with Crippen molar-refractivity contribution in [3.8, 4) is 0 Å². The predicted molar refractivity (Wildman–Crippen MR) is 69.2 cm³/mol. The third kappa shape index (κ3) is 3.85. The maximum absolute atomic E-state index is 5.77. The Balaban J connectivity index is 1.68. The zero-order valence-electron chi connectivity index (χ0n) is 9.75. The molecule has 7 nitrogen and oxygen atoms in total. The molecule has 0 fully saturated rings. The van der Waals surface area contributed by atoms with Crippen molar-refractivity contribution >= 4 is 23.4 Å². The van der Waals surface area contributed by atoms with E-state index in [9.17, 15) is 0 Å². The molecule has 2 rings (SSSR count). The molecule has 96 valence electrons. The van der Waals surface area contributed by atoms with Gasteiger partial charge in [0.25, 0.3) is 0 Å². The number of nitrogens with one attached hydrogen (secondary N) is 1. The minimum atomic E-state index is 0.175. The van der Waals surface area contributed by atoms with E-state index in [-0.39, 0.29) is 5.95 Å². The van der Waals surface area contributed by atoms with Crippen LogP contribution in [0.1, 0.15) is 12.8 Å². The first kappa shape index (κ1) is 12.6. The van der Waals surface area contributed by atoms with E-state index in [1.54, 1.807) is 18.7 Å². The lowest BCUT2D eigenvalue weighted by molar-refractivity contribution is 0.619. The average Bonchev–Trinajstić information content (AvgIpc) is 2.80. The molecular formula is C10H14ClN7. The number of nitrogens with two attached hydrogens (primary N) is 1. The fourth-order valence-corrected chi connectivity index (χ4v) is 1.69. The zero-order valence-corrected chi connectivity index (χ0v) is 10.5. The van der Waals surface area contributed by atoms with Gasteiger partial charge in [0.1, 0.15) is 23.6 Å². The van der Waals surface area contributed by atoms with Gasteiger partial charge in [-0.1, -0.05) is 11.6 Å². The summed E-state index contributed by atoms with van der Waals surface area (Å²) in [5.74, 6) is 0.825. The van der Waals surface area contributed by atoms with Gasteiger partial charge < -0.3 is 15.6 Å². The van der Waals surface area contributed by atoms with Gasteiger partial charge in [0.2, 0.25) is 5.95 Å². The van der Waals surface area contributed by atoms with Crippen molar-refractivity contribution in [2.24, 2.45) is 0 Å². The highest BCUT2D eigenvalue weighted by atomic mass is 35.5. The van der Waals surface area contributed by atoms with Gasteiger partial charge in [0, 0.05) is 19.2 Å². The number of aryl methyl sites for hydroxylation is 1. The van der Waals surface area contributed by atoms with Crippen molar-refractivity contribution in [3.63, 3.8) is 0 Å². The Morgan fingerprint density at radius 2 is 2.00 bits per heavy atom. The van der Waals surface area contributed by atoms with Crippen LogP contribution in [0.5, 0.6) is 0 Å². The summed E-state index contributed by atoms with van der Waals surface area (Å²) in [5.41, 5.74) is 5.49. The summed E-state index contributed by atoms with van der Waals surface area (Å²) >= 11 is 5.77. The van der Waals surface area contributed by atoms with E-state index in [0.717, 1.165) is 25.9 Å². The number of nitrogen functional groups attached to an aromatic ring is 1. The van der Waals surface area contributed by atoms with Crippen molar-refractivity contribution in [2.45, 2.75) is 19.4 Å². The van der Waals surface area contributed by atoms with Crippen LogP contribution in [0.2, 0.25) is 5.15 Å². The molecule has 0 aliphatic rings. The summed E-state index contributed by atoms with van der Waals surface area (Å²) in [7, 11) is 0. The van der Waals surface area contributed by atoms with Gasteiger partial charge >= 0.3 is 0 Å². The van der Waals surface area contributed by atoms with E-state index >= 15 is 0 Å². The monoisotopic (exact) mass is 267 g/mol. The first-order chi connectivity index (χ1) is 8.74. The molecule has 0 saturated heterocycles. The Morgan fingerprint density at radius 1 is 1.22 bits per heavy atom. The summed E-state index contributed by atoms with van der Waals surface area (Å²) in [6.45, 7) is 1.70. The molecule has 0 aliphatic heterocycles. The fourth-order valence-electron chi connectivity index (χ4n) is 1.50.